The van der Waals surface area contributed by atoms with Crippen molar-refractivity contribution < 1.29 is 14.5 Å². The lowest BCUT2D eigenvalue weighted by Crippen LogP contribution is -2.30. The van der Waals surface area contributed by atoms with E-state index in [0.29, 0.717) is 29.6 Å². The van der Waals surface area contributed by atoms with Crippen LogP contribution in [-0.4, -0.2) is 33.9 Å². The Morgan fingerprint density at radius 1 is 1.10 bits per heavy atom. The van der Waals surface area contributed by atoms with E-state index < -0.39 is 10.9 Å². The minimum atomic E-state index is -0.693. The van der Waals surface area contributed by atoms with Gasteiger partial charge in [0.2, 0.25) is 0 Å². The molecule has 0 amide bonds. The Morgan fingerprint density at radius 3 is 2.45 bits per heavy atom. The van der Waals surface area contributed by atoms with E-state index in [2.05, 4.69) is 5.32 Å². The number of esters is 1. The van der Waals surface area contributed by atoms with E-state index in [1.165, 1.54) is 6.07 Å². The molecular weight excluding hydrogens is 434 g/mol. The third-order valence-corrected chi connectivity index (χ3v) is 6.00. The third kappa shape index (κ3) is 4.32. The summed E-state index contributed by atoms with van der Waals surface area (Å²) in [5.41, 5.74) is 0.744. The Morgan fingerprint density at radius 2 is 1.77 bits per heavy atom. The smallest absolute Gasteiger partial charge is 0.348 e. The maximum Gasteiger partial charge on any atom is 0.348 e. The molecular formula is C22H17N3O4S2. The van der Waals surface area contributed by atoms with Crippen molar-refractivity contribution in [1.29, 1.82) is 0 Å². The maximum atomic E-state index is 13.3. The molecule has 2 heterocycles. The Balaban J connectivity index is 1.81. The van der Waals surface area contributed by atoms with Crippen molar-refractivity contribution in [2.24, 2.45) is 0 Å². The largest absolute Gasteiger partial charge is 0.423 e. The highest BCUT2D eigenvalue weighted by atomic mass is 32.1. The highest BCUT2D eigenvalue weighted by molar-refractivity contribution is 7.80. The molecule has 1 N–H and O–H groups in total. The minimum absolute atomic E-state index is 0.0846. The molecule has 1 aromatic heterocycles. The summed E-state index contributed by atoms with van der Waals surface area (Å²) in [6.45, 7) is 1.05. The summed E-state index contributed by atoms with van der Waals surface area (Å²) < 4.78 is 5.56. The predicted octanol–water partition coefficient (Wildman–Crippen LogP) is 4.21. The normalized spacial score (nSPS) is 14.6. The van der Waals surface area contributed by atoms with Crippen LogP contribution in [0.15, 0.2) is 77.9 Å². The third-order valence-electron chi connectivity index (χ3n) is 4.63. The highest BCUT2D eigenvalue weighted by Gasteiger charge is 2.34. The molecule has 156 valence electrons. The molecule has 0 atom stereocenters. The molecule has 1 aliphatic heterocycles. The summed E-state index contributed by atoms with van der Waals surface area (Å²) in [6.07, 6.45) is 0. The zero-order chi connectivity index (χ0) is 21.8. The summed E-state index contributed by atoms with van der Waals surface area (Å²) in [7, 11) is 0. The second-order valence-corrected chi connectivity index (χ2v) is 7.87. The summed E-state index contributed by atoms with van der Waals surface area (Å²) >= 11 is 6.79. The summed E-state index contributed by atoms with van der Waals surface area (Å²) in [5, 5.41) is 16.4. The molecule has 0 saturated carbocycles. The van der Waals surface area contributed by atoms with Crippen LogP contribution in [0, 0.1) is 10.1 Å². The summed E-state index contributed by atoms with van der Waals surface area (Å²) in [4.78, 5) is 26.9. The first-order chi connectivity index (χ1) is 15.1. The number of carbonyl (C=O) groups is 1. The molecule has 0 unspecified atom stereocenters. The van der Waals surface area contributed by atoms with Crippen LogP contribution in [0.3, 0.4) is 0 Å². The van der Waals surface area contributed by atoms with E-state index in [1.54, 1.807) is 40.6 Å². The molecule has 3 aromatic rings. The Kier molecular flexibility index (Phi) is 6.06. The van der Waals surface area contributed by atoms with Gasteiger partial charge >= 0.3 is 5.97 Å². The van der Waals surface area contributed by atoms with Crippen molar-refractivity contribution in [3.63, 3.8) is 0 Å². The van der Waals surface area contributed by atoms with E-state index in [4.69, 9.17) is 17.0 Å². The number of nitro groups is 1. The van der Waals surface area contributed by atoms with Gasteiger partial charge in [0.05, 0.1) is 4.92 Å². The molecule has 7 nitrogen and oxygen atoms in total. The molecule has 1 fully saturated rings. The van der Waals surface area contributed by atoms with Crippen LogP contribution in [0.25, 0.3) is 5.57 Å². The number of benzene rings is 2. The van der Waals surface area contributed by atoms with Crippen LogP contribution in [0.4, 0.5) is 5.69 Å². The van der Waals surface area contributed by atoms with Crippen LogP contribution in [-0.2, 0) is 4.79 Å². The lowest BCUT2D eigenvalue weighted by molar-refractivity contribution is -0.384. The number of thiocarbonyl (C=S) groups is 1. The van der Waals surface area contributed by atoms with Crippen molar-refractivity contribution in [3.8, 4) is 5.75 Å². The lowest BCUT2D eigenvalue weighted by Gasteiger charge is -2.22. The van der Waals surface area contributed by atoms with Gasteiger partial charge in [-0.05, 0) is 17.5 Å². The Hall–Kier alpha value is -3.56. The molecule has 9 heteroatoms. The molecule has 1 aliphatic rings. The summed E-state index contributed by atoms with van der Waals surface area (Å²) in [5.74, 6) is 0.0577. The van der Waals surface area contributed by atoms with E-state index in [9.17, 15) is 14.9 Å². The maximum absolute atomic E-state index is 13.3. The van der Waals surface area contributed by atoms with E-state index in [-0.39, 0.29) is 16.1 Å². The van der Waals surface area contributed by atoms with Crippen molar-refractivity contribution in [2.45, 2.75) is 0 Å². The average molecular weight is 452 g/mol. The van der Waals surface area contributed by atoms with Gasteiger partial charge in [0.25, 0.3) is 5.69 Å². The number of ether oxygens (including phenoxy) is 1. The zero-order valence-corrected chi connectivity index (χ0v) is 17.8. The molecule has 4 rings (SSSR count). The van der Waals surface area contributed by atoms with Gasteiger partial charge in [-0.2, -0.15) is 0 Å². The topological polar surface area (TPSA) is 84.7 Å². The fourth-order valence-electron chi connectivity index (χ4n) is 3.23. The van der Waals surface area contributed by atoms with Gasteiger partial charge in [0, 0.05) is 24.7 Å². The van der Waals surface area contributed by atoms with Gasteiger partial charge in [-0.15, -0.1) is 11.3 Å². The zero-order valence-electron chi connectivity index (χ0n) is 16.2. The number of hydrogen-bond acceptors (Lipinski definition) is 7. The van der Waals surface area contributed by atoms with Crippen LogP contribution >= 0.6 is 23.6 Å². The molecule has 31 heavy (non-hydrogen) atoms. The van der Waals surface area contributed by atoms with Gasteiger partial charge in [0.1, 0.15) is 27.0 Å². The number of rotatable bonds is 5. The van der Waals surface area contributed by atoms with Crippen LogP contribution in [0.5, 0.6) is 5.75 Å². The Labute approximate surface area is 187 Å². The number of para-hydroxylation sites is 1. The number of carbonyl (C=O) groups excluding carboxylic acids is 1. The number of thiophene rings is 1. The molecule has 0 aliphatic carbocycles. The van der Waals surface area contributed by atoms with Crippen molar-refractivity contribution >= 4 is 45.8 Å². The molecule has 1 saturated heterocycles. The van der Waals surface area contributed by atoms with E-state index in [1.807, 2.05) is 30.3 Å². The molecule has 0 bridgehead atoms. The first-order valence-corrected chi connectivity index (χ1v) is 10.7. The fourth-order valence-corrected chi connectivity index (χ4v) is 4.45. The van der Waals surface area contributed by atoms with Gasteiger partial charge in [-0.25, -0.2) is 4.79 Å². The predicted molar refractivity (Wildman–Crippen MR) is 123 cm³/mol. The van der Waals surface area contributed by atoms with Crippen molar-refractivity contribution in [2.75, 3.05) is 13.1 Å². The first kappa shape index (κ1) is 20.7. The standard InChI is InChI=1S/C22H17N3O4S2/c26-22(29-16-9-5-2-6-10-16)18(19-17(25(27)28)11-14-31-19)20-23-12-13-24(20)21(30)15-7-3-1-4-8-15/h1-11,14,23H,12-13H2. The fraction of sp³-hybridized carbons (Fsp3) is 0.0909. The first-order valence-electron chi connectivity index (χ1n) is 9.41. The van der Waals surface area contributed by atoms with Crippen LogP contribution in [0.2, 0.25) is 0 Å². The second kappa shape index (κ2) is 9.07. The minimum Gasteiger partial charge on any atom is -0.423 e. The van der Waals surface area contributed by atoms with Crippen LogP contribution < -0.4 is 10.1 Å². The van der Waals surface area contributed by atoms with E-state index >= 15 is 0 Å². The average Bonchev–Trinajstić information content (AvgIpc) is 3.45. The molecule has 0 spiro atoms. The van der Waals surface area contributed by atoms with Gasteiger partial charge in [-0.1, -0.05) is 60.7 Å². The van der Waals surface area contributed by atoms with Gasteiger partial charge < -0.3 is 15.0 Å². The Bertz CT molecular complexity index is 1160. The number of hydrogen-bond donors (Lipinski definition) is 1. The number of nitrogens with one attached hydrogen (secondary N) is 1. The van der Waals surface area contributed by atoms with Crippen molar-refractivity contribution in [1.82, 2.24) is 10.2 Å². The monoisotopic (exact) mass is 451 g/mol. The molecule has 0 radical (unpaired) electrons. The highest BCUT2D eigenvalue weighted by Crippen LogP contribution is 2.36. The summed E-state index contributed by atoms with van der Waals surface area (Å²) in [6, 6.07) is 19.4. The van der Waals surface area contributed by atoms with E-state index in [0.717, 1.165) is 16.9 Å². The molecule has 2 aromatic carbocycles. The SMILES string of the molecule is O=C(Oc1ccccc1)C(=C1NCCN1C(=S)c1ccccc1)c1sccc1[N+](=O)[O-]. The quantitative estimate of drug-likeness (QED) is 0.155. The van der Waals surface area contributed by atoms with Gasteiger partial charge in [-0.3, -0.25) is 10.1 Å². The lowest BCUT2D eigenvalue weighted by atomic mass is 10.1. The van der Waals surface area contributed by atoms with Gasteiger partial charge in [0.15, 0.2) is 0 Å². The van der Waals surface area contributed by atoms with Crippen LogP contribution in [0.1, 0.15) is 10.4 Å². The second-order valence-electron chi connectivity index (χ2n) is 6.57. The van der Waals surface area contributed by atoms with Crippen molar-refractivity contribution in [3.05, 3.63) is 98.5 Å². The number of nitrogens with zero attached hydrogens (tertiary/aromatic N) is 2.